The van der Waals surface area contributed by atoms with Gasteiger partial charge in [-0.3, -0.25) is 4.68 Å². The molecule has 4 nitrogen and oxygen atoms in total. The van der Waals surface area contributed by atoms with Gasteiger partial charge in [0.25, 0.3) is 0 Å². The zero-order valence-corrected chi connectivity index (χ0v) is 9.90. The third-order valence-electron chi connectivity index (χ3n) is 2.32. The van der Waals surface area contributed by atoms with Crippen LogP contribution in [0.4, 0.5) is 0 Å². The van der Waals surface area contributed by atoms with Crippen molar-refractivity contribution in [2.24, 2.45) is 7.05 Å². The van der Waals surface area contributed by atoms with Crippen LogP contribution in [0.25, 0.3) is 11.1 Å². The van der Waals surface area contributed by atoms with Crippen LogP contribution in [0.5, 0.6) is 0 Å². The summed E-state index contributed by atoms with van der Waals surface area (Å²) in [4.78, 5) is 0.333. The number of aryl methyl sites for hydroxylation is 1. The van der Waals surface area contributed by atoms with Gasteiger partial charge in [0.15, 0.2) is 9.84 Å². The van der Waals surface area contributed by atoms with Crippen molar-refractivity contribution in [3.05, 3.63) is 36.7 Å². The highest BCUT2D eigenvalue weighted by Crippen LogP contribution is 2.20. The number of sulfone groups is 1. The summed E-state index contributed by atoms with van der Waals surface area (Å²) in [5, 5.41) is 4.06. The summed E-state index contributed by atoms with van der Waals surface area (Å²) in [6.07, 6.45) is 4.83. The largest absolute Gasteiger partial charge is 0.275 e. The van der Waals surface area contributed by atoms with E-state index >= 15 is 0 Å². The van der Waals surface area contributed by atoms with Gasteiger partial charge in [0.1, 0.15) is 0 Å². The lowest BCUT2D eigenvalue weighted by Gasteiger charge is -2.00. The van der Waals surface area contributed by atoms with E-state index in [2.05, 4.69) is 5.10 Å². The van der Waals surface area contributed by atoms with Crippen molar-refractivity contribution in [3.8, 4) is 11.1 Å². The second-order valence-electron chi connectivity index (χ2n) is 3.70. The molecule has 0 saturated heterocycles. The summed E-state index contributed by atoms with van der Waals surface area (Å²) in [6.45, 7) is 0. The van der Waals surface area contributed by atoms with Crippen molar-refractivity contribution >= 4 is 9.84 Å². The van der Waals surface area contributed by atoms with Gasteiger partial charge in [0.2, 0.25) is 0 Å². The van der Waals surface area contributed by atoms with Gasteiger partial charge >= 0.3 is 0 Å². The van der Waals surface area contributed by atoms with E-state index in [4.69, 9.17) is 0 Å². The van der Waals surface area contributed by atoms with Crippen molar-refractivity contribution in [3.63, 3.8) is 0 Å². The Labute approximate surface area is 94.5 Å². The molecule has 2 rings (SSSR count). The fourth-order valence-electron chi connectivity index (χ4n) is 1.46. The highest BCUT2D eigenvalue weighted by atomic mass is 32.2. The predicted octanol–water partition coefficient (Wildman–Crippen LogP) is 1.49. The van der Waals surface area contributed by atoms with Gasteiger partial charge in [-0.25, -0.2) is 8.42 Å². The van der Waals surface area contributed by atoms with E-state index in [1.165, 1.54) is 6.26 Å². The molecule has 84 valence electrons. The van der Waals surface area contributed by atoms with Gasteiger partial charge in [0, 0.05) is 25.1 Å². The van der Waals surface area contributed by atoms with Crippen LogP contribution in [0.15, 0.2) is 41.6 Å². The Morgan fingerprint density at radius 2 is 1.75 bits per heavy atom. The minimum Gasteiger partial charge on any atom is -0.275 e. The van der Waals surface area contributed by atoms with Crippen molar-refractivity contribution in [2.75, 3.05) is 6.26 Å². The minimum atomic E-state index is -3.12. The number of hydrogen-bond donors (Lipinski definition) is 0. The molecule has 0 fully saturated rings. The van der Waals surface area contributed by atoms with Crippen LogP contribution in [-0.4, -0.2) is 24.5 Å². The number of hydrogen-bond acceptors (Lipinski definition) is 3. The first-order chi connectivity index (χ1) is 7.47. The second-order valence-corrected chi connectivity index (χ2v) is 5.71. The molecule has 0 unspecified atom stereocenters. The van der Waals surface area contributed by atoms with Crippen LogP contribution in [0, 0.1) is 0 Å². The van der Waals surface area contributed by atoms with Gasteiger partial charge in [-0.1, -0.05) is 12.1 Å². The van der Waals surface area contributed by atoms with Gasteiger partial charge in [0.05, 0.1) is 11.1 Å². The lowest BCUT2D eigenvalue weighted by Crippen LogP contribution is -1.96. The summed E-state index contributed by atoms with van der Waals surface area (Å²) in [5.41, 5.74) is 1.93. The molecule has 0 aliphatic carbocycles. The molecule has 5 heteroatoms. The van der Waals surface area contributed by atoms with E-state index in [0.717, 1.165) is 11.1 Å². The molecule has 1 heterocycles. The van der Waals surface area contributed by atoms with Gasteiger partial charge in [-0.15, -0.1) is 0 Å². The molecule has 0 N–H and O–H groups in total. The zero-order valence-electron chi connectivity index (χ0n) is 9.08. The van der Waals surface area contributed by atoms with Crippen LogP contribution >= 0.6 is 0 Å². The number of benzene rings is 1. The first-order valence-electron chi connectivity index (χ1n) is 4.76. The molecular weight excluding hydrogens is 224 g/mol. The smallest absolute Gasteiger partial charge is 0.175 e. The molecule has 0 aliphatic rings. The van der Waals surface area contributed by atoms with Crippen LogP contribution in [0.3, 0.4) is 0 Å². The number of rotatable bonds is 2. The molecule has 0 amide bonds. The summed E-state index contributed by atoms with van der Waals surface area (Å²) in [7, 11) is -1.28. The Kier molecular flexibility index (Phi) is 2.55. The average Bonchev–Trinajstić information content (AvgIpc) is 2.64. The number of aromatic nitrogens is 2. The van der Waals surface area contributed by atoms with Crippen molar-refractivity contribution < 1.29 is 8.42 Å². The quantitative estimate of drug-likeness (QED) is 0.793. The zero-order chi connectivity index (χ0) is 11.8. The minimum absolute atomic E-state index is 0.333. The van der Waals surface area contributed by atoms with Gasteiger partial charge < -0.3 is 0 Å². The average molecular weight is 236 g/mol. The molecule has 1 aromatic carbocycles. The van der Waals surface area contributed by atoms with Crippen LogP contribution in [0.2, 0.25) is 0 Å². The Morgan fingerprint density at radius 3 is 2.19 bits per heavy atom. The third kappa shape index (κ3) is 2.14. The summed E-state index contributed by atoms with van der Waals surface area (Å²) >= 11 is 0. The first kappa shape index (κ1) is 10.9. The van der Waals surface area contributed by atoms with Gasteiger partial charge in [-0.2, -0.15) is 5.10 Å². The highest BCUT2D eigenvalue weighted by molar-refractivity contribution is 7.90. The van der Waals surface area contributed by atoms with E-state index in [0.29, 0.717) is 4.90 Å². The Morgan fingerprint density at radius 1 is 1.12 bits per heavy atom. The van der Waals surface area contributed by atoms with Crippen molar-refractivity contribution in [1.29, 1.82) is 0 Å². The Hall–Kier alpha value is -1.62. The van der Waals surface area contributed by atoms with E-state index in [1.54, 1.807) is 35.1 Å². The Bertz CT molecular complexity index is 597. The summed E-state index contributed by atoms with van der Waals surface area (Å²) in [6, 6.07) is 6.79. The summed E-state index contributed by atoms with van der Waals surface area (Å²) in [5.74, 6) is 0. The number of nitrogens with zero attached hydrogens (tertiary/aromatic N) is 2. The second kappa shape index (κ2) is 3.75. The predicted molar refractivity (Wildman–Crippen MR) is 61.8 cm³/mol. The standard InChI is InChI=1S/C11H12N2O2S/c1-13-8-10(7-12-13)9-3-5-11(6-4-9)16(2,14)15/h3-8H,1-2H3. The molecule has 0 bridgehead atoms. The Balaban J connectivity index is 2.40. The van der Waals surface area contributed by atoms with Crippen molar-refractivity contribution in [1.82, 2.24) is 9.78 Å². The van der Waals surface area contributed by atoms with E-state index in [1.807, 2.05) is 13.2 Å². The van der Waals surface area contributed by atoms with E-state index in [9.17, 15) is 8.42 Å². The van der Waals surface area contributed by atoms with Crippen LogP contribution in [-0.2, 0) is 16.9 Å². The molecule has 0 atom stereocenters. The molecule has 2 aromatic rings. The van der Waals surface area contributed by atoms with Crippen LogP contribution in [0.1, 0.15) is 0 Å². The third-order valence-corrected chi connectivity index (χ3v) is 3.45. The van der Waals surface area contributed by atoms with E-state index < -0.39 is 9.84 Å². The fourth-order valence-corrected chi connectivity index (χ4v) is 2.10. The lowest BCUT2D eigenvalue weighted by atomic mass is 10.1. The van der Waals surface area contributed by atoms with Crippen molar-refractivity contribution in [2.45, 2.75) is 4.90 Å². The maximum absolute atomic E-state index is 11.3. The SMILES string of the molecule is Cn1cc(-c2ccc(S(C)(=O)=O)cc2)cn1. The normalized spacial score (nSPS) is 11.6. The molecule has 1 aromatic heterocycles. The summed E-state index contributed by atoms with van der Waals surface area (Å²) < 4.78 is 24.2. The molecule has 0 spiro atoms. The maximum atomic E-state index is 11.3. The highest BCUT2D eigenvalue weighted by Gasteiger charge is 2.07. The molecule has 0 saturated carbocycles. The van der Waals surface area contributed by atoms with Gasteiger partial charge in [-0.05, 0) is 17.7 Å². The molecule has 0 radical (unpaired) electrons. The van der Waals surface area contributed by atoms with Crippen LogP contribution < -0.4 is 0 Å². The molecule has 16 heavy (non-hydrogen) atoms. The first-order valence-corrected chi connectivity index (χ1v) is 6.65. The molecular formula is C11H12N2O2S. The van der Waals surface area contributed by atoms with E-state index in [-0.39, 0.29) is 0 Å². The lowest BCUT2D eigenvalue weighted by molar-refractivity contribution is 0.602. The monoisotopic (exact) mass is 236 g/mol. The molecule has 0 aliphatic heterocycles. The topological polar surface area (TPSA) is 52.0 Å². The fraction of sp³-hybridized carbons (Fsp3) is 0.182. The maximum Gasteiger partial charge on any atom is 0.175 e.